The van der Waals surface area contributed by atoms with Gasteiger partial charge in [0.15, 0.2) is 0 Å². The number of sulfonamides is 1. The average molecular weight is 607 g/mol. The van der Waals surface area contributed by atoms with E-state index < -0.39 is 15.9 Å². The van der Waals surface area contributed by atoms with E-state index in [1.807, 2.05) is 6.07 Å². The molecular weight excluding hydrogens is 591 g/mol. The monoisotopic (exact) mass is 604 g/mol. The molecule has 1 N–H and O–H groups in total. The number of benzene rings is 3. The van der Waals surface area contributed by atoms with Crippen molar-refractivity contribution in [2.24, 2.45) is 0 Å². The van der Waals surface area contributed by atoms with Crippen LogP contribution in [0.4, 0.5) is 5.69 Å². The summed E-state index contributed by atoms with van der Waals surface area (Å²) in [6, 6.07) is 18.1. The van der Waals surface area contributed by atoms with Gasteiger partial charge in [-0.3, -0.25) is 4.79 Å². The van der Waals surface area contributed by atoms with Crippen LogP contribution >= 0.6 is 55.1 Å². The summed E-state index contributed by atoms with van der Waals surface area (Å²) in [5, 5.41) is 3.40. The maximum Gasteiger partial charge on any atom is 0.243 e. The Balaban J connectivity index is 1.91. The van der Waals surface area contributed by atoms with E-state index in [0.717, 1.165) is 8.78 Å². The van der Waals surface area contributed by atoms with Crippen LogP contribution in [0.3, 0.4) is 0 Å². The number of carbonyl (C=O) groups excluding carboxylic acids is 1. The summed E-state index contributed by atoms with van der Waals surface area (Å²) in [5.41, 5.74) is 1.15. The van der Waals surface area contributed by atoms with Crippen molar-refractivity contribution in [1.82, 2.24) is 4.31 Å². The summed E-state index contributed by atoms with van der Waals surface area (Å²) in [5.74, 6) is -0.479. The first-order chi connectivity index (χ1) is 14.7. The molecule has 0 bridgehead atoms. The van der Waals surface area contributed by atoms with Crippen LogP contribution in [0.5, 0.6) is 0 Å². The van der Waals surface area contributed by atoms with E-state index in [9.17, 15) is 13.2 Å². The number of nitrogens with one attached hydrogen (secondary N) is 1. The number of nitrogens with zero attached hydrogens (tertiary/aromatic N) is 1. The highest BCUT2D eigenvalue weighted by atomic mass is 79.9. The molecule has 0 aromatic heterocycles. The molecule has 0 fully saturated rings. The third-order valence-electron chi connectivity index (χ3n) is 4.26. The van der Waals surface area contributed by atoms with E-state index in [1.54, 1.807) is 48.5 Å². The number of para-hydroxylation sites is 1. The van der Waals surface area contributed by atoms with Crippen molar-refractivity contribution >= 4 is 76.7 Å². The minimum atomic E-state index is -3.97. The summed E-state index contributed by atoms with van der Waals surface area (Å²) in [6.45, 7) is -0.446. The number of halogens is 4. The lowest BCUT2D eigenvalue weighted by Crippen LogP contribution is -2.37. The van der Waals surface area contributed by atoms with Gasteiger partial charge in [0, 0.05) is 15.5 Å². The van der Waals surface area contributed by atoms with E-state index in [1.165, 1.54) is 12.1 Å². The molecule has 162 valence electrons. The largest absolute Gasteiger partial charge is 0.324 e. The van der Waals surface area contributed by atoms with Gasteiger partial charge in [-0.25, -0.2) is 8.42 Å². The van der Waals surface area contributed by atoms with Gasteiger partial charge in [0.1, 0.15) is 0 Å². The molecule has 0 unspecified atom stereocenters. The summed E-state index contributed by atoms with van der Waals surface area (Å²) < 4.78 is 29.2. The van der Waals surface area contributed by atoms with E-state index >= 15 is 0 Å². The number of hydrogen-bond donors (Lipinski definition) is 1. The minimum Gasteiger partial charge on any atom is -0.324 e. The van der Waals surface area contributed by atoms with Gasteiger partial charge in [0.2, 0.25) is 15.9 Å². The molecule has 10 heteroatoms. The molecule has 0 aliphatic rings. The van der Waals surface area contributed by atoms with Crippen molar-refractivity contribution in [2.75, 3.05) is 11.9 Å². The van der Waals surface area contributed by atoms with Crippen molar-refractivity contribution in [2.45, 2.75) is 11.4 Å². The molecule has 3 rings (SSSR count). The SMILES string of the molecule is O=C(CN(Cc1ccc(Cl)c(Cl)c1)S(=O)(=O)c1ccc(Br)cc1)Nc1ccccc1Br. The summed E-state index contributed by atoms with van der Waals surface area (Å²) >= 11 is 18.7. The van der Waals surface area contributed by atoms with Crippen LogP contribution in [0.1, 0.15) is 5.56 Å². The van der Waals surface area contributed by atoms with E-state index in [4.69, 9.17) is 23.2 Å². The van der Waals surface area contributed by atoms with Crippen LogP contribution in [0.25, 0.3) is 0 Å². The van der Waals surface area contributed by atoms with Gasteiger partial charge >= 0.3 is 0 Å². The lowest BCUT2D eigenvalue weighted by Gasteiger charge is -2.22. The highest BCUT2D eigenvalue weighted by Crippen LogP contribution is 2.26. The van der Waals surface area contributed by atoms with Crippen LogP contribution in [0, 0.1) is 0 Å². The van der Waals surface area contributed by atoms with Crippen LogP contribution in [0.15, 0.2) is 80.6 Å². The standard InChI is InChI=1S/C21H16Br2Cl2N2O3S/c22-15-6-8-16(9-7-15)31(29,30)27(12-14-5-10-18(24)19(25)11-14)13-21(28)26-20-4-2-1-3-17(20)23/h1-11H,12-13H2,(H,26,28). The van der Waals surface area contributed by atoms with Crippen molar-refractivity contribution in [3.63, 3.8) is 0 Å². The molecule has 3 aromatic rings. The Kier molecular flexibility index (Phi) is 8.18. The molecule has 3 aromatic carbocycles. The Labute approximate surface area is 207 Å². The predicted molar refractivity (Wildman–Crippen MR) is 131 cm³/mol. The minimum absolute atomic E-state index is 0.0569. The summed E-state index contributed by atoms with van der Waals surface area (Å²) in [6.07, 6.45) is 0. The van der Waals surface area contributed by atoms with Gasteiger partial charge in [0.05, 0.1) is 27.2 Å². The van der Waals surface area contributed by atoms with Gasteiger partial charge in [-0.2, -0.15) is 4.31 Å². The molecule has 1 amide bonds. The quantitative estimate of drug-likeness (QED) is 0.341. The van der Waals surface area contributed by atoms with Gasteiger partial charge in [-0.05, 0) is 70.0 Å². The zero-order valence-electron chi connectivity index (χ0n) is 15.9. The fourth-order valence-corrected chi connectivity index (χ4v) is 5.09. The Morgan fingerprint density at radius 3 is 2.26 bits per heavy atom. The van der Waals surface area contributed by atoms with E-state index in [-0.39, 0.29) is 18.0 Å². The predicted octanol–water partition coefficient (Wildman–Crippen LogP) is 6.35. The average Bonchev–Trinajstić information content (AvgIpc) is 2.72. The molecule has 0 aliphatic heterocycles. The molecule has 31 heavy (non-hydrogen) atoms. The van der Waals surface area contributed by atoms with E-state index in [2.05, 4.69) is 37.2 Å². The van der Waals surface area contributed by atoms with Crippen LogP contribution in [-0.4, -0.2) is 25.2 Å². The number of carbonyl (C=O) groups is 1. The molecule has 0 radical (unpaired) electrons. The number of hydrogen-bond acceptors (Lipinski definition) is 3. The van der Waals surface area contributed by atoms with Gasteiger partial charge < -0.3 is 5.32 Å². The first-order valence-electron chi connectivity index (χ1n) is 8.91. The zero-order chi connectivity index (χ0) is 22.6. The molecule has 0 atom stereocenters. The Hall–Kier alpha value is -1.42. The smallest absolute Gasteiger partial charge is 0.243 e. The summed E-state index contributed by atoms with van der Waals surface area (Å²) in [7, 11) is -3.97. The molecule has 0 saturated heterocycles. The number of anilines is 1. The molecule has 0 heterocycles. The molecule has 5 nitrogen and oxygen atoms in total. The van der Waals surface area contributed by atoms with Crippen molar-refractivity contribution < 1.29 is 13.2 Å². The first-order valence-corrected chi connectivity index (χ1v) is 12.7. The third-order valence-corrected chi connectivity index (χ3v) is 8.03. The maximum absolute atomic E-state index is 13.3. The second-order valence-corrected chi connectivity index (χ2v) is 11.0. The lowest BCUT2D eigenvalue weighted by atomic mass is 10.2. The fourth-order valence-electron chi connectivity index (χ4n) is 2.74. The van der Waals surface area contributed by atoms with E-state index in [0.29, 0.717) is 25.8 Å². The Morgan fingerprint density at radius 2 is 1.61 bits per heavy atom. The van der Waals surface area contributed by atoms with Gasteiger partial charge in [-0.1, -0.05) is 57.3 Å². The number of amides is 1. The van der Waals surface area contributed by atoms with Gasteiger partial charge in [-0.15, -0.1) is 0 Å². The second-order valence-electron chi connectivity index (χ2n) is 6.50. The molecule has 0 saturated carbocycles. The van der Waals surface area contributed by atoms with Crippen molar-refractivity contribution in [3.05, 3.63) is 91.3 Å². The Morgan fingerprint density at radius 1 is 0.935 bits per heavy atom. The van der Waals surface area contributed by atoms with Crippen LogP contribution in [0.2, 0.25) is 10.0 Å². The topological polar surface area (TPSA) is 66.5 Å². The van der Waals surface area contributed by atoms with Crippen molar-refractivity contribution in [3.8, 4) is 0 Å². The molecular formula is C21H16Br2Cl2N2O3S. The third kappa shape index (κ3) is 6.31. The number of rotatable bonds is 7. The van der Waals surface area contributed by atoms with Crippen LogP contribution < -0.4 is 5.32 Å². The molecule has 0 spiro atoms. The fraction of sp³-hybridized carbons (Fsp3) is 0.0952. The second kappa shape index (κ2) is 10.5. The first kappa shape index (κ1) is 24.2. The maximum atomic E-state index is 13.3. The highest BCUT2D eigenvalue weighted by molar-refractivity contribution is 9.10. The van der Waals surface area contributed by atoms with Crippen LogP contribution in [-0.2, 0) is 21.4 Å². The normalized spacial score (nSPS) is 11.5. The van der Waals surface area contributed by atoms with Crippen molar-refractivity contribution in [1.29, 1.82) is 0 Å². The molecule has 0 aliphatic carbocycles. The summed E-state index contributed by atoms with van der Waals surface area (Å²) in [4.78, 5) is 12.8. The highest BCUT2D eigenvalue weighted by Gasteiger charge is 2.27. The Bertz CT molecular complexity index is 1210. The van der Waals surface area contributed by atoms with Gasteiger partial charge in [0.25, 0.3) is 0 Å². The lowest BCUT2D eigenvalue weighted by molar-refractivity contribution is -0.116. The zero-order valence-corrected chi connectivity index (χ0v) is 21.4.